The number of carboxylic acid groups (broad SMARTS) is 1. The first-order chi connectivity index (χ1) is 8.00. The van der Waals surface area contributed by atoms with E-state index < -0.39 is 30.9 Å². The van der Waals surface area contributed by atoms with Gasteiger partial charge in [-0.2, -0.15) is 0 Å². The molecule has 0 aliphatic carbocycles. The van der Waals surface area contributed by atoms with Crippen LogP contribution in [0.3, 0.4) is 0 Å². The van der Waals surface area contributed by atoms with Crippen LogP contribution < -0.4 is 5.73 Å². The van der Waals surface area contributed by atoms with Gasteiger partial charge in [-0.1, -0.05) is 0 Å². The SMILES string of the molecule is NC(=O)CN(CC(=O)O)C(=O)C1=COCCO1. The molecule has 1 heterocycles. The zero-order chi connectivity index (χ0) is 12.8. The first-order valence-corrected chi connectivity index (χ1v) is 4.74. The Morgan fingerprint density at radius 1 is 1.35 bits per heavy atom. The van der Waals surface area contributed by atoms with Gasteiger partial charge in [-0.05, 0) is 0 Å². The van der Waals surface area contributed by atoms with Crippen LogP contribution in [-0.2, 0) is 23.9 Å². The highest BCUT2D eigenvalue weighted by Crippen LogP contribution is 2.08. The number of rotatable bonds is 5. The minimum atomic E-state index is -1.25. The summed E-state index contributed by atoms with van der Waals surface area (Å²) in [6.45, 7) is -0.630. The average Bonchev–Trinajstić information content (AvgIpc) is 2.27. The third kappa shape index (κ3) is 4.01. The summed E-state index contributed by atoms with van der Waals surface area (Å²) in [5.41, 5.74) is 4.92. The van der Waals surface area contributed by atoms with Crippen LogP contribution in [-0.4, -0.2) is 54.1 Å². The standard InChI is InChI=1S/C9H12N2O6/c10-7(12)3-11(4-8(13)14)9(15)6-5-16-1-2-17-6/h5H,1-4H2,(H2,10,12)(H,13,14). The topological polar surface area (TPSA) is 119 Å². The van der Waals surface area contributed by atoms with E-state index >= 15 is 0 Å². The molecule has 17 heavy (non-hydrogen) atoms. The van der Waals surface area contributed by atoms with Crippen LogP contribution in [0.25, 0.3) is 0 Å². The van der Waals surface area contributed by atoms with E-state index in [0.29, 0.717) is 6.61 Å². The molecule has 0 bridgehead atoms. The maximum atomic E-state index is 11.8. The van der Waals surface area contributed by atoms with E-state index in [2.05, 4.69) is 0 Å². The Morgan fingerprint density at radius 2 is 2.06 bits per heavy atom. The van der Waals surface area contributed by atoms with Gasteiger partial charge in [-0.25, -0.2) is 0 Å². The first kappa shape index (κ1) is 12.8. The lowest BCUT2D eigenvalue weighted by atomic mass is 10.3. The molecule has 1 aliphatic rings. The molecule has 0 unspecified atom stereocenters. The number of ether oxygens (including phenoxy) is 2. The van der Waals surface area contributed by atoms with Gasteiger partial charge < -0.3 is 25.2 Å². The number of carbonyl (C=O) groups is 3. The summed E-state index contributed by atoms with van der Waals surface area (Å²) in [5.74, 6) is -2.95. The van der Waals surface area contributed by atoms with Crippen LogP contribution in [0.4, 0.5) is 0 Å². The van der Waals surface area contributed by atoms with Crippen LogP contribution in [0.5, 0.6) is 0 Å². The fraction of sp³-hybridized carbons (Fsp3) is 0.444. The summed E-state index contributed by atoms with van der Waals surface area (Å²) < 4.78 is 9.85. The molecular weight excluding hydrogens is 232 g/mol. The van der Waals surface area contributed by atoms with Gasteiger partial charge in [0, 0.05) is 0 Å². The van der Waals surface area contributed by atoms with Crippen molar-refractivity contribution in [3.05, 3.63) is 12.0 Å². The van der Waals surface area contributed by atoms with Gasteiger partial charge in [0.05, 0.1) is 0 Å². The van der Waals surface area contributed by atoms with Crippen LogP contribution in [0, 0.1) is 0 Å². The first-order valence-electron chi connectivity index (χ1n) is 4.74. The van der Waals surface area contributed by atoms with Gasteiger partial charge in [0.25, 0.3) is 5.91 Å². The Bertz CT molecular complexity index is 348. The fourth-order valence-electron chi connectivity index (χ4n) is 1.19. The maximum absolute atomic E-state index is 11.8. The monoisotopic (exact) mass is 244 g/mol. The fourth-order valence-corrected chi connectivity index (χ4v) is 1.19. The number of aliphatic carboxylic acids is 1. The van der Waals surface area contributed by atoms with Crippen molar-refractivity contribution in [2.75, 3.05) is 26.3 Å². The van der Waals surface area contributed by atoms with Crippen LogP contribution in [0.2, 0.25) is 0 Å². The molecule has 1 aliphatic heterocycles. The van der Waals surface area contributed by atoms with E-state index in [1.165, 1.54) is 0 Å². The van der Waals surface area contributed by atoms with Gasteiger partial charge in [0.2, 0.25) is 11.7 Å². The van der Waals surface area contributed by atoms with E-state index in [4.69, 9.17) is 20.3 Å². The van der Waals surface area contributed by atoms with Crippen LogP contribution >= 0.6 is 0 Å². The number of primary amides is 1. The van der Waals surface area contributed by atoms with Crippen LogP contribution in [0.1, 0.15) is 0 Å². The number of hydrogen-bond donors (Lipinski definition) is 2. The molecule has 3 N–H and O–H groups in total. The summed E-state index contributed by atoms with van der Waals surface area (Å²) >= 11 is 0. The predicted octanol–water partition coefficient (Wildman–Crippen LogP) is -1.73. The van der Waals surface area contributed by atoms with Crippen molar-refractivity contribution in [1.82, 2.24) is 4.90 Å². The zero-order valence-electron chi connectivity index (χ0n) is 8.92. The van der Waals surface area contributed by atoms with Gasteiger partial charge in [0.1, 0.15) is 32.6 Å². The molecule has 94 valence electrons. The molecule has 0 aromatic carbocycles. The number of amides is 2. The summed E-state index contributed by atoms with van der Waals surface area (Å²) in [6.07, 6.45) is 1.08. The summed E-state index contributed by atoms with van der Waals surface area (Å²) in [5, 5.41) is 8.61. The minimum absolute atomic E-state index is 0.140. The number of nitrogens with two attached hydrogens (primary N) is 1. The molecule has 8 heteroatoms. The lowest BCUT2D eigenvalue weighted by Crippen LogP contribution is -2.43. The van der Waals surface area contributed by atoms with E-state index in [0.717, 1.165) is 11.2 Å². The Balaban J connectivity index is 2.73. The third-order valence-corrected chi connectivity index (χ3v) is 1.82. The molecule has 0 saturated carbocycles. The highest BCUT2D eigenvalue weighted by atomic mass is 16.6. The number of carbonyl (C=O) groups excluding carboxylic acids is 2. The Kier molecular flexibility index (Phi) is 4.32. The molecular formula is C9H12N2O6. The van der Waals surface area contributed by atoms with Gasteiger partial charge >= 0.3 is 5.97 Å². The number of nitrogens with zero attached hydrogens (tertiary/aromatic N) is 1. The van der Waals surface area contributed by atoms with Gasteiger partial charge in [-0.3, -0.25) is 14.4 Å². The van der Waals surface area contributed by atoms with Crippen molar-refractivity contribution in [3.8, 4) is 0 Å². The molecule has 2 amide bonds. The number of carboxylic acids is 1. The normalized spacial score (nSPS) is 14.0. The predicted molar refractivity (Wildman–Crippen MR) is 53.4 cm³/mol. The second-order valence-electron chi connectivity index (χ2n) is 3.22. The van der Waals surface area contributed by atoms with Crippen molar-refractivity contribution >= 4 is 17.8 Å². The zero-order valence-corrected chi connectivity index (χ0v) is 8.92. The van der Waals surface area contributed by atoms with Crippen molar-refractivity contribution < 1.29 is 29.0 Å². The molecule has 0 aromatic rings. The Labute approximate surface area is 96.6 Å². The molecule has 0 spiro atoms. The van der Waals surface area contributed by atoms with E-state index in [1.807, 2.05) is 0 Å². The molecule has 0 radical (unpaired) electrons. The highest BCUT2D eigenvalue weighted by Gasteiger charge is 2.25. The van der Waals surface area contributed by atoms with E-state index in [9.17, 15) is 14.4 Å². The maximum Gasteiger partial charge on any atom is 0.323 e. The lowest BCUT2D eigenvalue weighted by molar-refractivity contribution is -0.145. The Hall–Kier alpha value is -2.25. The van der Waals surface area contributed by atoms with Crippen LogP contribution in [0.15, 0.2) is 12.0 Å². The van der Waals surface area contributed by atoms with Crippen molar-refractivity contribution in [2.45, 2.75) is 0 Å². The highest BCUT2D eigenvalue weighted by molar-refractivity contribution is 5.95. The second kappa shape index (κ2) is 5.73. The van der Waals surface area contributed by atoms with E-state index in [1.54, 1.807) is 0 Å². The smallest absolute Gasteiger partial charge is 0.323 e. The Morgan fingerprint density at radius 3 is 2.53 bits per heavy atom. The molecule has 8 nitrogen and oxygen atoms in total. The van der Waals surface area contributed by atoms with E-state index in [-0.39, 0.29) is 12.4 Å². The van der Waals surface area contributed by atoms with Gasteiger partial charge in [0.15, 0.2) is 0 Å². The van der Waals surface area contributed by atoms with Crippen molar-refractivity contribution in [2.24, 2.45) is 5.73 Å². The average molecular weight is 244 g/mol. The summed E-state index contributed by atoms with van der Waals surface area (Å²) in [6, 6.07) is 0. The minimum Gasteiger partial charge on any atom is -0.494 e. The molecule has 0 fully saturated rings. The summed E-state index contributed by atoms with van der Waals surface area (Å²) in [7, 11) is 0. The lowest BCUT2D eigenvalue weighted by Gasteiger charge is -2.22. The van der Waals surface area contributed by atoms with Gasteiger partial charge in [-0.15, -0.1) is 0 Å². The summed E-state index contributed by atoms with van der Waals surface area (Å²) in [4.78, 5) is 33.8. The quantitative estimate of drug-likeness (QED) is 0.593. The van der Waals surface area contributed by atoms with Crippen molar-refractivity contribution in [1.29, 1.82) is 0 Å². The largest absolute Gasteiger partial charge is 0.494 e. The van der Waals surface area contributed by atoms with Crippen molar-refractivity contribution in [3.63, 3.8) is 0 Å². The molecule has 0 saturated heterocycles. The number of hydrogen-bond acceptors (Lipinski definition) is 5. The second-order valence-corrected chi connectivity index (χ2v) is 3.22. The third-order valence-electron chi connectivity index (χ3n) is 1.82. The molecule has 0 aromatic heterocycles. The molecule has 0 atom stereocenters. The molecule has 1 rings (SSSR count).